The molecule has 0 atom stereocenters. The van der Waals surface area contributed by atoms with Crippen molar-refractivity contribution in [3.05, 3.63) is 33.9 Å². The van der Waals surface area contributed by atoms with Crippen LogP contribution >= 0.6 is 23.4 Å². The van der Waals surface area contributed by atoms with Gasteiger partial charge in [0.25, 0.3) is 10.9 Å². The maximum absolute atomic E-state index is 10.8. The van der Waals surface area contributed by atoms with E-state index in [0.717, 1.165) is 6.07 Å². The van der Waals surface area contributed by atoms with E-state index in [4.69, 9.17) is 16.9 Å². The van der Waals surface area contributed by atoms with E-state index in [1.54, 1.807) is 5.40 Å². The molecule has 1 rings (SSSR count). The summed E-state index contributed by atoms with van der Waals surface area (Å²) < 4.78 is 0. The zero-order chi connectivity index (χ0) is 11.4. The minimum atomic E-state index is -0.772. The van der Waals surface area contributed by atoms with Crippen LogP contribution in [0.1, 0.15) is 10.4 Å². The highest BCUT2D eigenvalue weighted by Gasteiger charge is 2.16. The first-order chi connectivity index (χ1) is 7.06. The topological polar surface area (TPSA) is 84.0 Å². The molecule has 0 saturated heterocycles. The molecule has 0 bridgehead atoms. The number of hydrogen-bond donors (Lipinski definition) is 0. The van der Waals surface area contributed by atoms with E-state index < -0.39 is 10.2 Å². The van der Waals surface area contributed by atoms with Crippen LogP contribution in [0.25, 0.3) is 0 Å². The van der Waals surface area contributed by atoms with Crippen molar-refractivity contribution in [2.75, 3.05) is 0 Å². The molecule has 76 valence electrons. The second-order valence-electron chi connectivity index (χ2n) is 2.41. The lowest BCUT2D eigenvalue weighted by molar-refractivity contribution is -0.387. The van der Waals surface area contributed by atoms with E-state index >= 15 is 0 Å². The lowest BCUT2D eigenvalue weighted by atomic mass is 10.2. The summed E-state index contributed by atoms with van der Waals surface area (Å²) in [7, 11) is 0. The Bertz CT molecular complexity index is 469. The lowest BCUT2D eigenvalue weighted by Gasteiger charge is -1.98. The Morgan fingerprint density at radius 2 is 2.27 bits per heavy atom. The molecule has 1 aromatic carbocycles. The third-order valence-electron chi connectivity index (χ3n) is 1.54. The van der Waals surface area contributed by atoms with Gasteiger partial charge in [-0.3, -0.25) is 14.9 Å². The van der Waals surface area contributed by atoms with Gasteiger partial charge in [0, 0.05) is 11.6 Å². The van der Waals surface area contributed by atoms with E-state index in [1.807, 2.05) is 0 Å². The molecule has 0 heterocycles. The average Bonchev–Trinajstić information content (AvgIpc) is 2.18. The van der Waals surface area contributed by atoms with Crippen LogP contribution in [-0.4, -0.2) is 10.2 Å². The number of hydrogen-bond acceptors (Lipinski definition) is 5. The fourth-order valence-electron chi connectivity index (χ4n) is 0.918. The summed E-state index contributed by atoms with van der Waals surface area (Å²) in [6.45, 7) is 0. The van der Waals surface area contributed by atoms with Gasteiger partial charge in [0.15, 0.2) is 0 Å². The SMILES string of the molecule is N#CSc1ccc(C(=O)Cl)cc1[N+](=O)[O-]. The van der Waals surface area contributed by atoms with Gasteiger partial charge in [-0.1, -0.05) is 0 Å². The molecular weight excluding hydrogens is 240 g/mol. The summed E-state index contributed by atoms with van der Waals surface area (Å²) in [5, 5.41) is 20.0. The molecule has 7 heteroatoms. The second kappa shape index (κ2) is 4.77. The third kappa shape index (κ3) is 2.68. The number of nitrogens with zero attached hydrogens (tertiary/aromatic N) is 2. The first kappa shape index (κ1) is 11.5. The van der Waals surface area contributed by atoms with Crippen molar-refractivity contribution < 1.29 is 9.72 Å². The molecule has 0 unspecified atom stereocenters. The number of nitro groups is 1. The number of benzene rings is 1. The fraction of sp³-hybridized carbons (Fsp3) is 0. The molecule has 0 N–H and O–H groups in total. The summed E-state index contributed by atoms with van der Waals surface area (Å²) in [5.41, 5.74) is -0.265. The minimum Gasteiger partial charge on any atom is -0.276 e. The highest BCUT2D eigenvalue weighted by molar-refractivity contribution is 8.03. The summed E-state index contributed by atoms with van der Waals surface area (Å²) in [4.78, 5) is 20.9. The number of nitriles is 1. The Hall–Kier alpha value is -1.58. The molecule has 0 spiro atoms. The summed E-state index contributed by atoms with van der Waals surface area (Å²) in [5.74, 6) is 0. The lowest BCUT2D eigenvalue weighted by Crippen LogP contribution is -1.95. The van der Waals surface area contributed by atoms with Gasteiger partial charge >= 0.3 is 0 Å². The predicted molar refractivity (Wildman–Crippen MR) is 54.7 cm³/mol. The van der Waals surface area contributed by atoms with Crippen LogP contribution in [-0.2, 0) is 0 Å². The van der Waals surface area contributed by atoms with Crippen LogP contribution in [0.4, 0.5) is 5.69 Å². The van der Waals surface area contributed by atoms with Crippen molar-refractivity contribution in [3.8, 4) is 5.40 Å². The predicted octanol–water partition coefficient (Wildman–Crippen LogP) is 2.55. The van der Waals surface area contributed by atoms with E-state index in [0.29, 0.717) is 11.8 Å². The summed E-state index contributed by atoms with van der Waals surface area (Å²) in [6, 6.07) is 3.71. The quantitative estimate of drug-likeness (QED) is 0.267. The van der Waals surface area contributed by atoms with Crippen LogP contribution in [0.15, 0.2) is 23.1 Å². The Kier molecular flexibility index (Phi) is 3.66. The van der Waals surface area contributed by atoms with Gasteiger partial charge in [-0.15, -0.1) is 0 Å². The van der Waals surface area contributed by atoms with Crippen LogP contribution < -0.4 is 0 Å². The Morgan fingerprint density at radius 3 is 2.73 bits per heavy atom. The molecule has 0 saturated carbocycles. The van der Waals surface area contributed by atoms with Crippen LogP contribution in [0.3, 0.4) is 0 Å². The monoisotopic (exact) mass is 242 g/mol. The Balaban J connectivity index is 3.28. The largest absolute Gasteiger partial charge is 0.284 e. The normalized spacial score (nSPS) is 9.33. The van der Waals surface area contributed by atoms with E-state index in [2.05, 4.69) is 0 Å². The number of carbonyl (C=O) groups excluding carboxylic acids is 1. The first-order valence-electron chi connectivity index (χ1n) is 3.60. The maximum atomic E-state index is 10.8. The molecule has 1 aromatic rings. The van der Waals surface area contributed by atoms with Gasteiger partial charge in [-0.2, -0.15) is 5.26 Å². The molecule has 0 aliphatic heterocycles. The van der Waals surface area contributed by atoms with Crippen molar-refractivity contribution in [3.63, 3.8) is 0 Å². The average molecular weight is 243 g/mol. The van der Waals surface area contributed by atoms with E-state index in [1.165, 1.54) is 12.1 Å². The molecule has 0 aliphatic rings. The highest BCUT2D eigenvalue weighted by atomic mass is 35.5. The zero-order valence-corrected chi connectivity index (χ0v) is 8.71. The van der Waals surface area contributed by atoms with Crippen LogP contribution in [0.2, 0.25) is 0 Å². The molecule has 15 heavy (non-hydrogen) atoms. The maximum Gasteiger partial charge on any atom is 0.284 e. The number of thiocyanates is 1. The van der Waals surface area contributed by atoms with Gasteiger partial charge in [-0.05, 0) is 35.5 Å². The molecule has 0 aliphatic carbocycles. The summed E-state index contributed by atoms with van der Waals surface area (Å²) >= 11 is 5.84. The van der Waals surface area contributed by atoms with Gasteiger partial charge in [0.05, 0.1) is 4.92 Å². The van der Waals surface area contributed by atoms with Crippen molar-refractivity contribution in [1.29, 1.82) is 5.26 Å². The Labute approximate surface area is 93.8 Å². The van der Waals surface area contributed by atoms with Crippen molar-refractivity contribution in [2.24, 2.45) is 0 Å². The van der Waals surface area contributed by atoms with Gasteiger partial charge < -0.3 is 0 Å². The number of halogens is 1. The van der Waals surface area contributed by atoms with E-state index in [9.17, 15) is 14.9 Å². The zero-order valence-electron chi connectivity index (χ0n) is 7.14. The third-order valence-corrected chi connectivity index (χ3v) is 2.41. The Morgan fingerprint density at radius 1 is 1.60 bits per heavy atom. The van der Waals surface area contributed by atoms with Crippen LogP contribution in [0, 0.1) is 20.8 Å². The number of thioether (sulfide) groups is 1. The standard InChI is InChI=1S/C8H3ClN2O3S/c9-8(12)5-1-2-7(15-4-10)6(3-5)11(13)14/h1-3H. The fourth-order valence-corrected chi connectivity index (χ4v) is 1.51. The van der Waals surface area contributed by atoms with Gasteiger partial charge in [0.1, 0.15) is 10.3 Å². The number of carbonyl (C=O) groups is 1. The first-order valence-corrected chi connectivity index (χ1v) is 4.80. The highest BCUT2D eigenvalue weighted by Crippen LogP contribution is 2.29. The van der Waals surface area contributed by atoms with Crippen molar-refractivity contribution in [2.45, 2.75) is 4.90 Å². The van der Waals surface area contributed by atoms with Gasteiger partial charge in [0.2, 0.25) is 0 Å². The molecule has 0 fully saturated rings. The molecule has 5 nitrogen and oxygen atoms in total. The van der Waals surface area contributed by atoms with Crippen molar-refractivity contribution in [1.82, 2.24) is 0 Å². The minimum absolute atomic E-state index is 0.0330. The second-order valence-corrected chi connectivity index (χ2v) is 3.58. The molecule has 0 radical (unpaired) electrons. The molecule has 0 aromatic heterocycles. The smallest absolute Gasteiger partial charge is 0.276 e. The van der Waals surface area contributed by atoms with Crippen LogP contribution in [0.5, 0.6) is 0 Å². The summed E-state index contributed by atoms with van der Waals surface area (Å²) in [6.07, 6.45) is 0. The number of rotatable bonds is 3. The van der Waals surface area contributed by atoms with E-state index in [-0.39, 0.29) is 16.1 Å². The van der Waals surface area contributed by atoms with Gasteiger partial charge in [-0.25, -0.2) is 0 Å². The molecule has 0 amide bonds. The van der Waals surface area contributed by atoms with Crippen molar-refractivity contribution >= 4 is 34.3 Å². The molecular formula is C8H3ClN2O3S. The number of nitro benzene ring substituents is 1.